The normalized spacial score (nSPS) is 29.3. The maximum atomic E-state index is 12.1. The molecule has 0 saturated heterocycles. The summed E-state index contributed by atoms with van der Waals surface area (Å²) in [6, 6.07) is -0.154. The zero-order valence-electron chi connectivity index (χ0n) is 12.9. The van der Waals surface area contributed by atoms with Crippen molar-refractivity contribution in [1.82, 2.24) is 4.72 Å². The van der Waals surface area contributed by atoms with Gasteiger partial charge in [0.1, 0.15) is 0 Å². The van der Waals surface area contributed by atoms with Crippen LogP contribution in [0, 0.1) is 10.8 Å². The Labute approximate surface area is 117 Å². The van der Waals surface area contributed by atoms with Crippen molar-refractivity contribution in [3.63, 3.8) is 0 Å². The second-order valence-electron chi connectivity index (χ2n) is 6.91. The molecule has 0 unspecified atom stereocenters. The molecule has 6 heteroatoms. The molecule has 0 aromatic heterocycles. The molecule has 1 aliphatic rings. The van der Waals surface area contributed by atoms with E-state index < -0.39 is 10.0 Å². The molecule has 0 bridgehead atoms. The first-order chi connectivity index (χ1) is 8.41. The molecule has 0 atom stereocenters. The van der Waals surface area contributed by atoms with Crippen LogP contribution in [0.5, 0.6) is 0 Å². The van der Waals surface area contributed by atoms with E-state index in [9.17, 15) is 8.42 Å². The topological polar surface area (TPSA) is 81.4 Å². The highest BCUT2D eigenvalue weighted by molar-refractivity contribution is 7.89. The number of ether oxygens (including phenoxy) is 1. The van der Waals surface area contributed by atoms with Crippen molar-refractivity contribution < 1.29 is 13.2 Å². The van der Waals surface area contributed by atoms with Crippen molar-refractivity contribution in [1.29, 1.82) is 0 Å². The molecule has 0 heterocycles. The third kappa shape index (κ3) is 3.48. The van der Waals surface area contributed by atoms with Gasteiger partial charge >= 0.3 is 0 Å². The van der Waals surface area contributed by atoms with Crippen LogP contribution in [0.25, 0.3) is 0 Å². The molecule has 1 fully saturated rings. The third-order valence-electron chi connectivity index (χ3n) is 4.19. The number of nitrogens with one attached hydrogen (secondary N) is 1. The largest absolute Gasteiger partial charge is 0.378 e. The number of rotatable bonds is 6. The highest BCUT2D eigenvalue weighted by atomic mass is 32.2. The Hall–Kier alpha value is -0.170. The molecule has 0 aromatic rings. The fourth-order valence-corrected chi connectivity index (χ4v) is 4.52. The van der Waals surface area contributed by atoms with E-state index >= 15 is 0 Å². The van der Waals surface area contributed by atoms with Crippen molar-refractivity contribution in [2.75, 3.05) is 12.4 Å². The monoisotopic (exact) mass is 292 g/mol. The minimum absolute atomic E-state index is 0.0108. The number of hydrogen-bond acceptors (Lipinski definition) is 4. The number of hydrogen-bond donors (Lipinski definition) is 2. The summed E-state index contributed by atoms with van der Waals surface area (Å²) in [6.45, 7) is 12.0. The molecule has 5 nitrogen and oxygen atoms in total. The summed E-state index contributed by atoms with van der Waals surface area (Å²) in [5.41, 5.74) is 5.67. The predicted octanol–water partition coefficient (Wildman–Crippen LogP) is 1.09. The van der Waals surface area contributed by atoms with Crippen molar-refractivity contribution in [2.24, 2.45) is 16.6 Å². The maximum Gasteiger partial charge on any atom is 0.214 e. The molecule has 3 N–H and O–H groups in total. The molecule has 1 saturated carbocycles. The van der Waals surface area contributed by atoms with Gasteiger partial charge in [0, 0.05) is 12.1 Å². The van der Waals surface area contributed by atoms with Gasteiger partial charge in [0.05, 0.1) is 18.5 Å². The van der Waals surface area contributed by atoms with Crippen molar-refractivity contribution in [3.05, 3.63) is 0 Å². The molecule has 19 heavy (non-hydrogen) atoms. The Morgan fingerprint density at radius 2 is 1.68 bits per heavy atom. The summed E-state index contributed by atoms with van der Waals surface area (Å²) in [7, 11) is -3.33. The molecule has 0 radical (unpaired) electrons. The van der Waals surface area contributed by atoms with Gasteiger partial charge in [-0.3, -0.25) is 0 Å². The van der Waals surface area contributed by atoms with Crippen LogP contribution in [0.1, 0.15) is 41.5 Å². The van der Waals surface area contributed by atoms with Crippen LogP contribution in [0.15, 0.2) is 0 Å². The van der Waals surface area contributed by atoms with Gasteiger partial charge in [-0.05, 0) is 24.7 Å². The van der Waals surface area contributed by atoms with Crippen LogP contribution >= 0.6 is 0 Å². The third-order valence-corrected chi connectivity index (χ3v) is 5.49. The first-order valence-corrected chi connectivity index (χ1v) is 8.43. The highest BCUT2D eigenvalue weighted by Crippen LogP contribution is 2.52. The van der Waals surface area contributed by atoms with Crippen LogP contribution in [-0.4, -0.2) is 39.0 Å². The van der Waals surface area contributed by atoms with Crippen LogP contribution in [0.3, 0.4) is 0 Å². The Balaban J connectivity index is 2.64. The van der Waals surface area contributed by atoms with Gasteiger partial charge in [-0.25, -0.2) is 13.1 Å². The predicted molar refractivity (Wildman–Crippen MR) is 77.3 cm³/mol. The highest BCUT2D eigenvalue weighted by Gasteiger charge is 2.60. The van der Waals surface area contributed by atoms with Gasteiger partial charge in [-0.15, -0.1) is 0 Å². The van der Waals surface area contributed by atoms with Gasteiger partial charge in [0.2, 0.25) is 10.0 Å². The lowest BCUT2D eigenvalue weighted by atomic mass is 9.49. The van der Waals surface area contributed by atoms with E-state index in [0.717, 1.165) is 0 Å². The average Bonchev–Trinajstić information content (AvgIpc) is 2.23. The minimum Gasteiger partial charge on any atom is -0.378 e. The van der Waals surface area contributed by atoms with Crippen LogP contribution in [0.4, 0.5) is 0 Å². The lowest BCUT2D eigenvalue weighted by Gasteiger charge is -2.62. The minimum atomic E-state index is -3.33. The molecule has 0 aliphatic heterocycles. The van der Waals surface area contributed by atoms with E-state index in [1.807, 2.05) is 41.5 Å². The summed E-state index contributed by atoms with van der Waals surface area (Å²) >= 11 is 0. The summed E-state index contributed by atoms with van der Waals surface area (Å²) in [6.07, 6.45) is 0.0419. The first-order valence-electron chi connectivity index (χ1n) is 6.78. The van der Waals surface area contributed by atoms with Gasteiger partial charge in [0.15, 0.2) is 0 Å². The van der Waals surface area contributed by atoms with Gasteiger partial charge in [-0.2, -0.15) is 0 Å². The quantitative estimate of drug-likeness (QED) is 0.768. The summed E-state index contributed by atoms with van der Waals surface area (Å²) in [5, 5.41) is 0. The standard InChI is InChI=1S/C13H28N2O3S/c1-9(2)18-7-8-19(16,17)15-11-12(3,4)10(14)13(11,5)6/h9-11,15H,7-8,14H2,1-6H3. The first kappa shape index (κ1) is 16.9. The molecule has 1 aliphatic carbocycles. The lowest BCUT2D eigenvalue weighted by Crippen LogP contribution is -2.76. The van der Waals surface area contributed by atoms with Gasteiger partial charge in [-0.1, -0.05) is 27.7 Å². The lowest BCUT2D eigenvalue weighted by molar-refractivity contribution is -0.0594. The smallest absolute Gasteiger partial charge is 0.214 e. The Morgan fingerprint density at radius 1 is 1.21 bits per heavy atom. The summed E-state index contributed by atoms with van der Waals surface area (Å²) in [4.78, 5) is 0. The Bertz CT molecular complexity index is 400. The summed E-state index contributed by atoms with van der Waals surface area (Å²) in [5.74, 6) is -0.0108. The SMILES string of the molecule is CC(C)OCCS(=O)(=O)NC1C(C)(C)C(N)C1(C)C. The van der Waals surface area contributed by atoms with Gasteiger partial charge in [0.25, 0.3) is 0 Å². The zero-order valence-corrected chi connectivity index (χ0v) is 13.7. The molecule has 0 spiro atoms. The average molecular weight is 292 g/mol. The number of nitrogens with two attached hydrogens (primary N) is 1. The van der Waals surface area contributed by atoms with Crippen LogP contribution < -0.4 is 10.5 Å². The second-order valence-corrected chi connectivity index (χ2v) is 8.78. The van der Waals surface area contributed by atoms with Crippen molar-refractivity contribution >= 4 is 10.0 Å². The Kier molecular flexibility index (Phi) is 4.72. The second kappa shape index (κ2) is 5.31. The van der Waals surface area contributed by atoms with Crippen LogP contribution in [-0.2, 0) is 14.8 Å². The van der Waals surface area contributed by atoms with E-state index in [4.69, 9.17) is 10.5 Å². The molecule has 0 amide bonds. The van der Waals surface area contributed by atoms with E-state index in [1.54, 1.807) is 0 Å². The van der Waals surface area contributed by atoms with Crippen molar-refractivity contribution in [2.45, 2.75) is 59.7 Å². The Morgan fingerprint density at radius 3 is 2.11 bits per heavy atom. The van der Waals surface area contributed by atoms with E-state index in [-0.39, 0.29) is 41.4 Å². The molecule has 0 aromatic carbocycles. The molecule has 1 rings (SSSR count). The summed E-state index contributed by atoms with van der Waals surface area (Å²) < 4.78 is 32.2. The molecule has 114 valence electrons. The van der Waals surface area contributed by atoms with Crippen LogP contribution in [0.2, 0.25) is 0 Å². The van der Waals surface area contributed by atoms with E-state index in [1.165, 1.54) is 0 Å². The zero-order chi connectivity index (χ0) is 15.1. The number of sulfonamides is 1. The van der Waals surface area contributed by atoms with Crippen molar-refractivity contribution in [3.8, 4) is 0 Å². The molecular weight excluding hydrogens is 264 g/mol. The fourth-order valence-electron chi connectivity index (χ4n) is 3.12. The maximum absolute atomic E-state index is 12.1. The van der Waals surface area contributed by atoms with Gasteiger partial charge < -0.3 is 10.5 Å². The fraction of sp³-hybridized carbons (Fsp3) is 1.00. The van der Waals surface area contributed by atoms with E-state index in [2.05, 4.69) is 4.72 Å². The molecular formula is C13H28N2O3S. The van der Waals surface area contributed by atoms with E-state index in [0.29, 0.717) is 0 Å².